The van der Waals surface area contributed by atoms with Crippen LogP contribution in [0.25, 0.3) is 0 Å². The van der Waals surface area contributed by atoms with Crippen molar-refractivity contribution in [3.05, 3.63) is 48.0 Å². The summed E-state index contributed by atoms with van der Waals surface area (Å²) in [5.41, 5.74) is 6.55. The number of nitrogens with two attached hydrogens (primary N) is 1. The van der Waals surface area contributed by atoms with E-state index in [2.05, 4.69) is 61.8 Å². The van der Waals surface area contributed by atoms with Crippen molar-refractivity contribution in [2.45, 2.75) is 69.9 Å². The molecule has 6 atom stereocenters. The van der Waals surface area contributed by atoms with E-state index in [0.29, 0.717) is 11.3 Å². The molecule has 0 aliphatic rings. The normalized spacial score (nSPS) is 14.5. The Morgan fingerprint density at radius 3 is 1.78 bits per heavy atom. The van der Waals surface area contributed by atoms with Gasteiger partial charge in [0, 0.05) is 36.2 Å². The first-order valence-electron chi connectivity index (χ1n) is 15.3. The van der Waals surface area contributed by atoms with Crippen LogP contribution < -0.4 is 37.6 Å². The third-order valence-corrected chi connectivity index (χ3v) is 7.99. The summed E-state index contributed by atoms with van der Waals surface area (Å²) in [5, 5.41) is 33.0. The Labute approximate surface area is 298 Å². The van der Waals surface area contributed by atoms with Gasteiger partial charge in [0.15, 0.2) is 0 Å². The van der Waals surface area contributed by atoms with Gasteiger partial charge in [0.05, 0.1) is 6.33 Å². The van der Waals surface area contributed by atoms with Gasteiger partial charge in [0.25, 0.3) is 0 Å². The Hall–Kier alpha value is -4.98. The second kappa shape index (κ2) is 19.9. The van der Waals surface area contributed by atoms with E-state index in [-0.39, 0.29) is 30.1 Å². The van der Waals surface area contributed by atoms with Gasteiger partial charge in [-0.2, -0.15) is 25.3 Å². The number of phenols is 1. The average Bonchev–Trinajstić information content (AvgIpc) is 3.57. The number of benzene rings is 1. The number of thiol groups is 2. The van der Waals surface area contributed by atoms with Gasteiger partial charge in [0.1, 0.15) is 42.0 Å². The van der Waals surface area contributed by atoms with Crippen molar-refractivity contribution in [1.82, 2.24) is 41.9 Å². The van der Waals surface area contributed by atoms with Gasteiger partial charge >= 0.3 is 6.09 Å². The van der Waals surface area contributed by atoms with Gasteiger partial charge in [-0.1, -0.05) is 26.0 Å². The maximum atomic E-state index is 13.3. The molecule has 0 spiro atoms. The number of aromatic nitrogens is 2. The van der Waals surface area contributed by atoms with Crippen molar-refractivity contribution in [2.75, 3.05) is 11.5 Å². The smallest absolute Gasteiger partial charge is 0.405 e. The highest BCUT2D eigenvalue weighted by atomic mass is 32.1. The highest BCUT2D eigenvalue weighted by molar-refractivity contribution is 7.80. The van der Waals surface area contributed by atoms with Crippen LogP contribution in [0.5, 0.6) is 5.75 Å². The van der Waals surface area contributed by atoms with Crippen molar-refractivity contribution < 1.29 is 43.8 Å². The molecule has 0 fully saturated rings. The number of phenolic OH excluding ortho intramolecular Hbond substituents is 1. The Morgan fingerprint density at radius 1 is 0.740 bits per heavy atom. The summed E-state index contributed by atoms with van der Waals surface area (Å²) in [6, 6.07) is -1.38. The summed E-state index contributed by atoms with van der Waals surface area (Å²) in [6.45, 7) is 4.63. The predicted octanol–water partition coefficient (Wildman–Crippen LogP) is -2.02. The van der Waals surface area contributed by atoms with E-state index >= 15 is 0 Å². The van der Waals surface area contributed by atoms with E-state index in [9.17, 15) is 38.7 Å². The zero-order chi connectivity index (χ0) is 37.5. The fourth-order valence-corrected chi connectivity index (χ4v) is 4.97. The molecule has 0 saturated carbocycles. The lowest BCUT2D eigenvalue weighted by Crippen LogP contribution is -2.60. The molecular weight excluding hydrogens is 695 g/mol. The Morgan fingerprint density at radius 2 is 1.28 bits per heavy atom. The van der Waals surface area contributed by atoms with E-state index in [4.69, 9.17) is 10.8 Å². The monoisotopic (exact) mass is 737 g/mol. The number of aromatic amines is 1. The van der Waals surface area contributed by atoms with Crippen molar-refractivity contribution >= 4 is 66.8 Å². The molecule has 0 aliphatic heterocycles. The van der Waals surface area contributed by atoms with Crippen molar-refractivity contribution in [2.24, 2.45) is 11.7 Å². The van der Waals surface area contributed by atoms with Crippen molar-refractivity contribution in [3.8, 4) is 5.75 Å². The van der Waals surface area contributed by atoms with E-state index in [1.165, 1.54) is 31.6 Å². The lowest BCUT2D eigenvalue weighted by molar-refractivity contribution is -0.135. The highest BCUT2D eigenvalue weighted by Gasteiger charge is 2.33. The molecule has 7 amide bonds. The number of rotatable bonds is 19. The third-order valence-electron chi connectivity index (χ3n) is 7.26. The summed E-state index contributed by atoms with van der Waals surface area (Å²) in [4.78, 5) is 95.3. The van der Waals surface area contributed by atoms with Crippen molar-refractivity contribution in [1.29, 1.82) is 0 Å². The number of hydrogen-bond acceptors (Lipinski definition) is 11. The zero-order valence-electron chi connectivity index (χ0n) is 27.5. The van der Waals surface area contributed by atoms with Crippen LogP contribution in [-0.4, -0.2) is 109 Å². The zero-order valence-corrected chi connectivity index (χ0v) is 29.3. The topological polar surface area (TPSA) is 287 Å². The number of hydrogen-bond donors (Lipinski definition) is 12. The number of primary amides is 1. The number of amides is 7. The quantitative estimate of drug-likeness (QED) is 0.0703. The average molecular weight is 738 g/mol. The van der Waals surface area contributed by atoms with Gasteiger partial charge in [0.2, 0.25) is 35.4 Å². The molecule has 0 saturated heterocycles. The minimum absolute atomic E-state index is 0.0168. The van der Waals surface area contributed by atoms with Gasteiger partial charge in [-0.25, -0.2) is 9.78 Å². The molecule has 0 unspecified atom stereocenters. The number of nitrogens with zero attached hydrogens (tertiary/aromatic N) is 1. The van der Waals surface area contributed by atoms with Gasteiger partial charge in [-0.3, -0.25) is 28.8 Å². The van der Waals surface area contributed by atoms with Crippen LogP contribution in [0, 0.1) is 5.92 Å². The second-order valence-electron chi connectivity index (χ2n) is 11.6. The largest absolute Gasteiger partial charge is 0.508 e. The number of nitrogens with one attached hydrogen (secondary N) is 7. The van der Waals surface area contributed by atoms with E-state index in [1.807, 2.05) is 5.32 Å². The highest BCUT2D eigenvalue weighted by Crippen LogP contribution is 2.12. The molecule has 50 heavy (non-hydrogen) atoms. The second-order valence-corrected chi connectivity index (χ2v) is 12.3. The summed E-state index contributed by atoms with van der Waals surface area (Å²) in [6.07, 6.45) is 1.24. The molecule has 1 heterocycles. The Balaban J connectivity index is 2.09. The van der Waals surface area contributed by atoms with E-state index in [0.717, 1.165) is 0 Å². The number of H-pyrrole nitrogens is 1. The Bertz CT molecular complexity index is 1490. The van der Waals surface area contributed by atoms with Crippen LogP contribution in [0.4, 0.5) is 4.79 Å². The molecule has 2 aromatic rings. The van der Waals surface area contributed by atoms with Gasteiger partial charge in [-0.05, 0) is 30.5 Å². The van der Waals surface area contributed by atoms with Crippen LogP contribution in [0.1, 0.15) is 32.0 Å². The number of carboxylic acid groups (broad SMARTS) is 1. The summed E-state index contributed by atoms with van der Waals surface area (Å²) < 4.78 is 0. The number of carbonyl (C=O) groups is 7. The molecule has 20 heteroatoms. The number of aromatic hydroxyl groups is 1. The van der Waals surface area contributed by atoms with Crippen LogP contribution in [0.2, 0.25) is 0 Å². The molecule has 274 valence electrons. The van der Waals surface area contributed by atoms with Crippen LogP contribution >= 0.6 is 25.3 Å². The fourth-order valence-electron chi connectivity index (χ4n) is 4.45. The molecule has 18 nitrogen and oxygen atoms in total. The van der Waals surface area contributed by atoms with E-state index < -0.39 is 83.7 Å². The molecule has 0 aliphatic carbocycles. The van der Waals surface area contributed by atoms with Crippen LogP contribution in [0.3, 0.4) is 0 Å². The molecule has 2 rings (SSSR count). The minimum Gasteiger partial charge on any atom is -0.508 e. The Kier molecular flexibility index (Phi) is 16.4. The van der Waals surface area contributed by atoms with E-state index in [1.54, 1.807) is 26.0 Å². The summed E-state index contributed by atoms with van der Waals surface area (Å²) >= 11 is 8.14. The molecule has 1 aromatic carbocycles. The SMILES string of the molecule is CC(C)[C@H](NC(=O)[C@H](C)NC(=O)[C@H](Cc1cnc[nH]1)NC(=O)[C@H](CS)NC(=O)O)C(=O)N[C@@H](CS)C(=O)N[C@@H](Cc1ccc(O)cc1)C(N)=O. The first kappa shape index (κ1) is 41.2. The maximum Gasteiger partial charge on any atom is 0.405 e. The first-order valence-corrected chi connectivity index (χ1v) is 16.6. The first-order chi connectivity index (χ1) is 23.6. The molecule has 0 bridgehead atoms. The van der Waals surface area contributed by atoms with Crippen molar-refractivity contribution in [3.63, 3.8) is 0 Å². The number of carbonyl (C=O) groups excluding carboxylic acids is 6. The minimum atomic E-state index is -1.47. The van der Waals surface area contributed by atoms with Gasteiger partial charge in [-0.15, -0.1) is 0 Å². The lowest BCUT2D eigenvalue weighted by Gasteiger charge is -2.27. The third kappa shape index (κ3) is 13.1. The fraction of sp³-hybridized carbons (Fsp3) is 0.467. The van der Waals surface area contributed by atoms with Gasteiger partial charge < -0.3 is 52.8 Å². The molecular formula is C30H43N9O9S2. The molecule has 1 aromatic heterocycles. The maximum absolute atomic E-state index is 13.3. The van der Waals surface area contributed by atoms with Crippen LogP contribution in [0.15, 0.2) is 36.8 Å². The molecule has 11 N–H and O–H groups in total. The summed E-state index contributed by atoms with van der Waals surface area (Å²) in [5.74, 6) is -5.58. The number of imidazole rings is 1. The predicted molar refractivity (Wildman–Crippen MR) is 186 cm³/mol. The standard InChI is InChI=1S/C30H43N9O9S2/c1-14(2)23(29(46)37-21(11-49)27(44)35-19(24(31)41)8-16-4-6-18(40)7-5-16)39-25(42)15(3)34-26(43)20(9-17-10-32-13-33-17)36-28(45)22(12-50)38-30(47)48/h4-7,10,13-15,19-23,38,40,49-50H,8-9,11-12H2,1-3H3,(H2,31,41)(H,32,33)(H,34,43)(H,35,44)(H,36,45)(H,37,46)(H,39,42)(H,47,48)/t15-,19-,20-,21-,22-,23-/m0/s1. The van der Waals surface area contributed by atoms with Crippen LogP contribution in [-0.2, 0) is 41.6 Å². The molecule has 0 radical (unpaired) electrons. The lowest BCUT2D eigenvalue weighted by atomic mass is 10.0. The summed E-state index contributed by atoms with van der Waals surface area (Å²) in [7, 11) is 0.